The third-order valence-corrected chi connectivity index (χ3v) is 3.52. The third kappa shape index (κ3) is 3.45. The molecule has 0 radical (unpaired) electrons. The van der Waals surface area contributed by atoms with Crippen LogP contribution in [0.3, 0.4) is 0 Å². The number of hydrogen-bond acceptors (Lipinski definition) is 3. The molecule has 0 saturated carbocycles. The molecule has 1 atom stereocenters. The molecular formula is C18H16FN3O. The number of amides is 1. The van der Waals surface area contributed by atoms with Crippen molar-refractivity contribution in [1.82, 2.24) is 4.98 Å². The maximum atomic E-state index is 12.9. The van der Waals surface area contributed by atoms with E-state index in [2.05, 4.69) is 15.6 Å². The summed E-state index contributed by atoms with van der Waals surface area (Å²) in [6, 6.07) is 14.8. The van der Waals surface area contributed by atoms with Crippen LogP contribution in [0.5, 0.6) is 0 Å². The number of nitrogens with one attached hydrogen (secondary N) is 2. The molecule has 116 valence electrons. The second-order valence-corrected chi connectivity index (χ2v) is 5.24. The molecule has 1 heterocycles. The summed E-state index contributed by atoms with van der Waals surface area (Å²) in [6.07, 6.45) is 1.71. The fraction of sp³-hybridized carbons (Fsp3) is 0.111. The molecule has 0 spiro atoms. The average molecular weight is 309 g/mol. The van der Waals surface area contributed by atoms with Crippen LogP contribution in [0.25, 0.3) is 10.9 Å². The molecule has 0 aliphatic rings. The lowest BCUT2D eigenvalue weighted by molar-refractivity contribution is -0.116. The van der Waals surface area contributed by atoms with Crippen LogP contribution >= 0.6 is 0 Å². The molecule has 1 amide bonds. The van der Waals surface area contributed by atoms with E-state index in [1.807, 2.05) is 30.3 Å². The van der Waals surface area contributed by atoms with Gasteiger partial charge in [0.05, 0.1) is 11.2 Å². The number of carbonyl (C=O) groups excluding carboxylic acids is 1. The van der Waals surface area contributed by atoms with E-state index in [0.29, 0.717) is 11.4 Å². The molecule has 2 N–H and O–H groups in total. The Balaban J connectivity index is 1.74. The van der Waals surface area contributed by atoms with E-state index in [1.54, 1.807) is 25.3 Å². The summed E-state index contributed by atoms with van der Waals surface area (Å²) in [6.45, 7) is 1.75. The standard InChI is InChI=1S/C18H16FN3O/c1-12(21-14-9-7-13(19)8-10-14)18(23)22-17-6-2-5-16-15(17)4-3-11-20-16/h2-12,21H,1H3,(H,22,23). The molecule has 3 aromatic rings. The van der Waals surface area contributed by atoms with Crippen molar-refractivity contribution in [2.24, 2.45) is 0 Å². The predicted molar refractivity (Wildman–Crippen MR) is 89.9 cm³/mol. The number of anilines is 2. The van der Waals surface area contributed by atoms with E-state index in [0.717, 1.165) is 10.9 Å². The van der Waals surface area contributed by atoms with Crippen molar-refractivity contribution in [1.29, 1.82) is 0 Å². The molecule has 0 fully saturated rings. The summed E-state index contributed by atoms with van der Waals surface area (Å²) in [5.74, 6) is -0.485. The van der Waals surface area contributed by atoms with E-state index in [1.165, 1.54) is 12.1 Å². The fourth-order valence-electron chi connectivity index (χ4n) is 2.31. The molecule has 3 rings (SSSR count). The molecule has 0 saturated heterocycles. The Morgan fingerprint density at radius 2 is 1.87 bits per heavy atom. The summed E-state index contributed by atoms with van der Waals surface area (Å²) in [5, 5.41) is 6.83. The van der Waals surface area contributed by atoms with Crippen molar-refractivity contribution in [3.8, 4) is 0 Å². The highest BCUT2D eigenvalue weighted by Crippen LogP contribution is 2.21. The van der Waals surface area contributed by atoms with Crippen LogP contribution in [0.4, 0.5) is 15.8 Å². The second kappa shape index (κ2) is 6.44. The van der Waals surface area contributed by atoms with Crippen LogP contribution in [0.2, 0.25) is 0 Å². The Hall–Kier alpha value is -2.95. The predicted octanol–water partition coefficient (Wildman–Crippen LogP) is 3.81. The molecule has 5 heteroatoms. The van der Waals surface area contributed by atoms with Gasteiger partial charge < -0.3 is 10.6 Å². The van der Waals surface area contributed by atoms with Crippen LogP contribution < -0.4 is 10.6 Å². The lowest BCUT2D eigenvalue weighted by atomic mass is 10.1. The van der Waals surface area contributed by atoms with Gasteiger partial charge in [0, 0.05) is 17.3 Å². The van der Waals surface area contributed by atoms with Crippen molar-refractivity contribution < 1.29 is 9.18 Å². The Morgan fingerprint density at radius 3 is 2.65 bits per heavy atom. The van der Waals surface area contributed by atoms with Crippen LogP contribution in [-0.4, -0.2) is 16.9 Å². The highest BCUT2D eigenvalue weighted by Gasteiger charge is 2.14. The molecule has 0 aliphatic heterocycles. The van der Waals surface area contributed by atoms with Crippen molar-refractivity contribution in [3.05, 3.63) is 66.6 Å². The quantitative estimate of drug-likeness (QED) is 0.770. The zero-order valence-electron chi connectivity index (χ0n) is 12.6. The van der Waals surface area contributed by atoms with Gasteiger partial charge in [-0.1, -0.05) is 6.07 Å². The van der Waals surface area contributed by atoms with Gasteiger partial charge in [-0.3, -0.25) is 9.78 Å². The van der Waals surface area contributed by atoms with E-state index >= 15 is 0 Å². The molecule has 23 heavy (non-hydrogen) atoms. The maximum absolute atomic E-state index is 12.9. The molecule has 0 aliphatic carbocycles. The zero-order valence-corrected chi connectivity index (χ0v) is 12.6. The molecule has 2 aromatic carbocycles. The Bertz CT molecular complexity index is 828. The van der Waals surface area contributed by atoms with Gasteiger partial charge in [0.25, 0.3) is 0 Å². The Morgan fingerprint density at radius 1 is 1.09 bits per heavy atom. The minimum atomic E-state index is -0.465. The molecule has 1 unspecified atom stereocenters. The number of carbonyl (C=O) groups is 1. The first-order chi connectivity index (χ1) is 11.1. The third-order valence-electron chi connectivity index (χ3n) is 3.52. The number of benzene rings is 2. The summed E-state index contributed by atoms with van der Waals surface area (Å²) in [4.78, 5) is 16.6. The number of hydrogen-bond donors (Lipinski definition) is 2. The van der Waals surface area contributed by atoms with Gasteiger partial charge >= 0.3 is 0 Å². The first kappa shape index (κ1) is 15.0. The molecule has 1 aromatic heterocycles. The zero-order chi connectivity index (χ0) is 16.2. The number of fused-ring (bicyclic) bond motifs is 1. The minimum Gasteiger partial charge on any atom is -0.374 e. The van der Waals surface area contributed by atoms with Crippen LogP contribution in [0.15, 0.2) is 60.8 Å². The number of halogens is 1. The topological polar surface area (TPSA) is 54.0 Å². The van der Waals surface area contributed by atoms with E-state index in [4.69, 9.17) is 0 Å². The van der Waals surface area contributed by atoms with E-state index in [-0.39, 0.29) is 11.7 Å². The van der Waals surface area contributed by atoms with E-state index < -0.39 is 6.04 Å². The molecule has 0 bridgehead atoms. The number of pyridine rings is 1. The fourth-order valence-corrected chi connectivity index (χ4v) is 2.31. The van der Waals surface area contributed by atoms with Gasteiger partial charge in [0.1, 0.15) is 11.9 Å². The molecule has 4 nitrogen and oxygen atoms in total. The summed E-state index contributed by atoms with van der Waals surface area (Å²) < 4.78 is 12.9. The second-order valence-electron chi connectivity index (χ2n) is 5.24. The highest BCUT2D eigenvalue weighted by molar-refractivity contribution is 6.03. The van der Waals surface area contributed by atoms with Crippen molar-refractivity contribution in [2.75, 3.05) is 10.6 Å². The lowest BCUT2D eigenvalue weighted by Crippen LogP contribution is -2.31. The number of nitrogens with zero attached hydrogens (tertiary/aromatic N) is 1. The lowest BCUT2D eigenvalue weighted by Gasteiger charge is -2.16. The van der Waals surface area contributed by atoms with Crippen molar-refractivity contribution in [3.63, 3.8) is 0 Å². The van der Waals surface area contributed by atoms with Crippen molar-refractivity contribution >= 4 is 28.2 Å². The normalized spacial score (nSPS) is 11.9. The monoisotopic (exact) mass is 309 g/mol. The summed E-state index contributed by atoms with van der Waals surface area (Å²) >= 11 is 0. The number of aromatic nitrogens is 1. The SMILES string of the molecule is CC(Nc1ccc(F)cc1)C(=O)Nc1cccc2ncccc12. The smallest absolute Gasteiger partial charge is 0.246 e. The highest BCUT2D eigenvalue weighted by atomic mass is 19.1. The average Bonchev–Trinajstić information content (AvgIpc) is 2.57. The van der Waals surface area contributed by atoms with Gasteiger partial charge in [0.2, 0.25) is 5.91 Å². The number of rotatable bonds is 4. The van der Waals surface area contributed by atoms with Crippen LogP contribution in [-0.2, 0) is 4.79 Å². The minimum absolute atomic E-state index is 0.175. The largest absolute Gasteiger partial charge is 0.374 e. The van der Waals surface area contributed by atoms with Crippen LogP contribution in [0.1, 0.15) is 6.92 Å². The van der Waals surface area contributed by atoms with Gasteiger partial charge in [-0.15, -0.1) is 0 Å². The summed E-state index contributed by atoms with van der Waals surface area (Å²) in [5.41, 5.74) is 2.23. The van der Waals surface area contributed by atoms with Crippen LogP contribution in [0, 0.1) is 5.82 Å². The molecular weight excluding hydrogens is 293 g/mol. The van der Waals surface area contributed by atoms with E-state index in [9.17, 15) is 9.18 Å². The summed E-state index contributed by atoms with van der Waals surface area (Å²) in [7, 11) is 0. The Kier molecular flexibility index (Phi) is 4.19. The van der Waals surface area contributed by atoms with Gasteiger partial charge in [-0.25, -0.2) is 4.39 Å². The maximum Gasteiger partial charge on any atom is 0.246 e. The Labute approximate surface area is 133 Å². The van der Waals surface area contributed by atoms with Crippen molar-refractivity contribution in [2.45, 2.75) is 13.0 Å². The van der Waals surface area contributed by atoms with Gasteiger partial charge in [-0.2, -0.15) is 0 Å². The van der Waals surface area contributed by atoms with Gasteiger partial charge in [0.15, 0.2) is 0 Å². The van der Waals surface area contributed by atoms with Gasteiger partial charge in [-0.05, 0) is 55.5 Å². The first-order valence-corrected chi connectivity index (χ1v) is 7.30. The first-order valence-electron chi connectivity index (χ1n) is 7.30.